The molecule has 1 fully saturated rings. The molecule has 1 atom stereocenters. The zero-order valence-corrected chi connectivity index (χ0v) is 16.4. The van der Waals surface area contributed by atoms with Crippen LogP contribution in [0.15, 0.2) is 54.6 Å². The quantitative estimate of drug-likeness (QED) is 0.678. The van der Waals surface area contributed by atoms with E-state index < -0.39 is 29.9 Å². The molecule has 1 aliphatic heterocycles. The molecular weight excluding hydrogens is 402 g/mol. The second kappa shape index (κ2) is 10.0. The molecule has 1 N–H and O–H groups in total. The predicted octanol–water partition coefficient (Wildman–Crippen LogP) is 2.00. The van der Waals surface area contributed by atoms with Gasteiger partial charge in [-0.05, 0) is 23.3 Å². The molecule has 0 spiro atoms. The number of hydrogen-bond donors (Lipinski definition) is 1. The number of hydroxylamine groups is 2. The van der Waals surface area contributed by atoms with Crippen molar-refractivity contribution < 1.29 is 28.8 Å². The maximum atomic E-state index is 12.7. The lowest BCUT2D eigenvalue weighted by atomic mass is 10.0. The number of carbonyl (C=O) groups is 4. The minimum Gasteiger partial charge on any atom is -0.445 e. The maximum absolute atomic E-state index is 12.7. The summed E-state index contributed by atoms with van der Waals surface area (Å²) in [4.78, 5) is 53.4. The largest absolute Gasteiger partial charge is 0.445 e. The van der Waals surface area contributed by atoms with Crippen molar-refractivity contribution in [2.45, 2.75) is 31.9 Å². The molecule has 1 heterocycles. The van der Waals surface area contributed by atoms with Crippen molar-refractivity contribution in [3.63, 3.8) is 0 Å². The van der Waals surface area contributed by atoms with E-state index in [0.717, 1.165) is 5.56 Å². The number of carbonyl (C=O) groups excluding carboxylic acids is 4. The molecule has 1 saturated heterocycles. The molecule has 0 bridgehead atoms. The normalized spacial score (nSPS) is 14.0. The zero-order chi connectivity index (χ0) is 22.2. The van der Waals surface area contributed by atoms with Crippen molar-refractivity contribution >= 4 is 23.9 Å². The fraction of sp³-hybridized carbons (Fsp3) is 0.227. The molecule has 31 heavy (non-hydrogen) atoms. The predicted molar refractivity (Wildman–Crippen MR) is 106 cm³/mol. The topological polar surface area (TPSA) is 126 Å². The van der Waals surface area contributed by atoms with Crippen LogP contribution in [0.5, 0.6) is 0 Å². The highest BCUT2D eigenvalue weighted by Crippen LogP contribution is 2.15. The first kappa shape index (κ1) is 21.5. The Bertz CT molecular complexity index is 1020. The van der Waals surface area contributed by atoms with Crippen LogP contribution in [0.3, 0.4) is 0 Å². The average Bonchev–Trinajstić information content (AvgIpc) is 3.10. The number of benzene rings is 2. The first-order valence-corrected chi connectivity index (χ1v) is 9.50. The molecule has 0 aromatic heterocycles. The monoisotopic (exact) mass is 421 g/mol. The second-order valence-electron chi connectivity index (χ2n) is 6.77. The van der Waals surface area contributed by atoms with Gasteiger partial charge in [0.15, 0.2) is 0 Å². The fourth-order valence-corrected chi connectivity index (χ4v) is 2.92. The number of imide groups is 1. The smallest absolute Gasteiger partial charge is 0.408 e. The van der Waals surface area contributed by atoms with Gasteiger partial charge in [-0.1, -0.05) is 42.5 Å². The molecule has 0 aliphatic carbocycles. The number of nitrogens with zero attached hydrogens (tertiary/aromatic N) is 2. The van der Waals surface area contributed by atoms with Crippen LogP contribution < -0.4 is 5.32 Å². The summed E-state index contributed by atoms with van der Waals surface area (Å²) in [6.07, 6.45) is -1.01. The molecular formula is C22H19N3O6. The van der Waals surface area contributed by atoms with Crippen LogP contribution in [-0.4, -0.2) is 35.0 Å². The summed E-state index contributed by atoms with van der Waals surface area (Å²) >= 11 is 0. The van der Waals surface area contributed by atoms with Crippen LogP contribution in [0.1, 0.15) is 29.5 Å². The van der Waals surface area contributed by atoms with Crippen LogP contribution in [0.4, 0.5) is 4.79 Å². The lowest BCUT2D eigenvalue weighted by Gasteiger charge is -2.20. The van der Waals surface area contributed by atoms with Gasteiger partial charge in [0, 0.05) is 19.3 Å². The molecule has 9 nitrogen and oxygen atoms in total. The van der Waals surface area contributed by atoms with E-state index in [4.69, 9.17) is 14.8 Å². The summed E-state index contributed by atoms with van der Waals surface area (Å²) in [5.74, 6) is -2.26. The van der Waals surface area contributed by atoms with Gasteiger partial charge in [0.05, 0.1) is 11.6 Å². The lowest BCUT2D eigenvalue weighted by Crippen LogP contribution is -2.46. The van der Waals surface area contributed by atoms with Crippen molar-refractivity contribution in [1.29, 1.82) is 5.26 Å². The SMILES string of the molecule is N#Cc1cccc(C[C@@H](NC(=O)OCc2ccccc2)C(=O)ON2C(=O)CCC2=O)c1. The van der Waals surface area contributed by atoms with Crippen LogP contribution in [0, 0.1) is 11.3 Å². The first-order chi connectivity index (χ1) is 15.0. The van der Waals surface area contributed by atoms with Gasteiger partial charge in [0.1, 0.15) is 12.6 Å². The third-order valence-electron chi connectivity index (χ3n) is 4.47. The Morgan fingerprint density at radius 3 is 2.39 bits per heavy atom. The van der Waals surface area contributed by atoms with Gasteiger partial charge in [-0.15, -0.1) is 5.06 Å². The van der Waals surface area contributed by atoms with Crippen molar-refractivity contribution in [2.75, 3.05) is 0 Å². The summed E-state index contributed by atoms with van der Waals surface area (Å²) in [7, 11) is 0. The minimum atomic E-state index is -1.25. The van der Waals surface area contributed by atoms with Gasteiger partial charge in [0.25, 0.3) is 11.8 Å². The summed E-state index contributed by atoms with van der Waals surface area (Å²) in [5, 5.41) is 11.9. The Morgan fingerprint density at radius 2 is 1.71 bits per heavy atom. The summed E-state index contributed by atoms with van der Waals surface area (Å²) < 4.78 is 5.15. The Kier molecular flexibility index (Phi) is 6.96. The van der Waals surface area contributed by atoms with Gasteiger partial charge >= 0.3 is 12.1 Å². The van der Waals surface area contributed by atoms with E-state index in [0.29, 0.717) is 16.2 Å². The number of nitriles is 1. The molecule has 1 aliphatic rings. The Labute approximate surface area is 178 Å². The molecule has 3 rings (SSSR count). The van der Waals surface area contributed by atoms with E-state index in [-0.39, 0.29) is 25.9 Å². The summed E-state index contributed by atoms with van der Waals surface area (Å²) in [6, 6.07) is 16.2. The lowest BCUT2D eigenvalue weighted by molar-refractivity contribution is -0.198. The number of nitrogens with one attached hydrogen (secondary N) is 1. The Hall–Kier alpha value is -4.19. The molecule has 3 amide bonds. The third kappa shape index (κ3) is 5.90. The van der Waals surface area contributed by atoms with Crippen molar-refractivity contribution in [3.05, 3.63) is 71.3 Å². The van der Waals surface area contributed by atoms with E-state index in [9.17, 15) is 19.2 Å². The number of alkyl carbamates (subject to hydrolysis) is 1. The van der Waals surface area contributed by atoms with Gasteiger partial charge in [-0.3, -0.25) is 9.59 Å². The van der Waals surface area contributed by atoms with E-state index >= 15 is 0 Å². The maximum Gasteiger partial charge on any atom is 0.408 e. The minimum absolute atomic E-state index is 0.0124. The van der Waals surface area contributed by atoms with Crippen molar-refractivity contribution in [2.24, 2.45) is 0 Å². The van der Waals surface area contributed by atoms with Crippen molar-refractivity contribution in [1.82, 2.24) is 10.4 Å². The highest BCUT2D eigenvalue weighted by atomic mass is 16.7. The van der Waals surface area contributed by atoms with E-state index in [1.165, 1.54) is 0 Å². The van der Waals surface area contributed by atoms with Gasteiger partial charge < -0.3 is 14.9 Å². The fourth-order valence-electron chi connectivity index (χ4n) is 2.92. The zero-order valence-electron chi connectivity index (χ0n) is 16.4. The third-order valence-corrected chi connectivity index (χ3v) is 4.47. The van der Waals surface area contributed by atoms with Crippen LogP contribution in [0.2, 0.25) is 0 Å². The molecule has 0 radical (unpaired) electrons. The Balaban J connectivity index is 1.70. The molecule has 2 aromatic rings. The highest BCUT2D eigenvalue weighted by molar-refractivity contribution is 6.01. The molecule has 9 heteroatoms. The summed E-state index contributed by atoms with van der Waals surface area (Å²) in [5.41, 5.74) is 1.70. The van der Waals surface area contributed by atoms with E-state index in [2.05, 4.69) is 5.32 Å². The van der Waals surface area contributed by atoms with Gasteiger partial charge in [-0.25, -0.2) is 9.59 Å². The highest BCUT2D eigenvalue weighted by Gasteiger charge is 2.35. The standard InChI is InChI=1S/C22H19N3O6/c23-13-17-8-4-7-16(11-17)12-18(21(28)31-25-19(26)9-10-20(25)27)24-22(29)30-14-15-5-2-1-3-6-15/h1-8,11,18H,9-10,12,14H2,(H,24,29)/t18-/m1/s1. The number of ether oxygens (including phenoxy) is 1. The van der Waals surface area contributed by atoms with Crippen molar-refractivity contribution in [3.8, 4) is 6.07 Å². The first-order valence-electron chi connectivity index (χ1n) is 9.50. The van der Waals surface area contributed by atoms with E-state index in [1.807, 2.05) is 12.1 Å². The average molecular weight is 421 g/mol. The number of amides is 3. The van der Waals surface area contributed by atoms with Gasteiger partial charge in [0.2, 0.25) is 0 Å². The van der Waals surface area contributed by atoms with E-state index in [1.54, 1.807) is 48.5 Å². The summed E-state index contributed by atoms with van der Waals surface area (Å²) in [6.45, 7) is -0.0124. The van der Waals surface area contributed by atoms with Gasteiger partial charge in [-0.2, -0.15) is 5.26 Å². The van der Waals surface area contributed by atoms with Crippen LogP contribution in [0.25, 0.3) is 0 Å². The second-order valence-corrected chi connectivity index (χ2v) is 6.77. The number of hydrogen-bond acceptors (Lipinski definition) is 7. The molecule has 0 unspecified atom stereocenters. The molecule has 2 aromatic carbocycles. The Morgan fingerprint density at radius 1 is 1.03 bits per heavy atom. The van der Waals surface area contributed by atoms with Crippen LogP contribution in [-0.2, 0) is 37.0 Å². The van der Waals surface area contributed by atoms with Crippen LogP contribution >= 0.6 is 0 Å². The number of rotatable bonds is 7. The molecule has 158 valence electrons. The molecule has 0 saturated carbocycles.